The summed E-state index contributed by atoms with van der Waals surface area (Å²) in [6, 6.07) is 0.497. The van der Waals surface area contributed by atoms with E-state index in [1.165, 1.54) is 0 Å². The SMILES string of the molecule is CC(C)N(CCCn1ccnc1)CCC(=N)N. The average Bonchev–Trinajstić information content (AvgIpc) is 2.74. The molecule has 3 N–H and O–H groups in total. The van der Waals surface area contributed by atoms with E-state index in [2.05, 4.69) is 28.3 Å². The highest BCUT2D eigenvalue weighted by Crippen LogP contribution is 2.02. The van der Waals surface area contributed by atoms with Gasteiger partial charge in [0.25, 0.3) is 0 Å². The van der Waals surface area contributed by atoms with Crippen molar-refractivity contribution in [2.45, 2.75) is 39.3 Å². The van der Waals surface area contributed by atoms with Gasteiger partial charge in [-0.25, -0.2) is 4.98 Å². The van der Waals surface area contributed by atoms with E-state index in [1.54, 1.807) is 6.20 Å². The molecule has 1 aromatic heterocycles. The fourth-order valence-corrected chi connectivity index (χ4v) is 1.77. The van der Waals surface area contributed by atoms with Crippen molar-refractivity contribution in [2.24, 2.45) is 5.73 Å². The number of hydrogen-bond acceptors (Lipinski definition) is 3. The highest BCUT2D eigenvalue weighted by Gasteiger charge is 2.09. The molecule has 5 heteroatoms. The van der Waals surface area contributed by atoms with Gasteiger partial charge in [-0.2, -0.15) is 0 Å². The second-order valence-electron chi connectivity index (χ2n) is 4.56. The Labute approximate surface area is 103 Å². The van der Waals surface area contributed by atoms with Crippen molar-refractivity contribution in [1.29, 1.82) is 5.41 Å². The summed E-state index contributed by atoms with van der Waals surface area (Å²) >= 11 is 0. The second-order valence-corrected chi connectivity index (χ2v) is 4.56. The molecule has 17 heavy (non-hydrogen) atoms. The number of nitrogens with two attached hydrogens (primary N) is 1. The number of aromatic nitrogens is 2. The Morgan fingerprint density at radius 2 is 2.24 bits per heavy atom. The lowest BCUT2D eigenvalue weighted by molar-refractivity contribution is 0.221. The summed E-state index contributed by atoms with van der Waals surface area (Å²) in [6.07, 6.45) is 7.37. The average molecular weight is 237 g/mol. The van der Waals surface area contributed by atoms with Crippen LogP contribution in [0, 0.1) is 5.41 Å². The third-order valence-electron chi connectivity index (χ3n) is 2.82. The van der Waals surface area contributed by atoms with Gasteiger partial charge >= 0.3 is 0 Å². The molecule has 0 bridgehead atoms. The summed E-state index contributed by atoms with van der Waals surface area (Å²) in [6.45, 7) is 7.25. The fraction of sp³-hybridized carbons (Fsp3) is 0.667. The zero-order valence-corrected chi connectivity index (χ0v) is 10.8. The van der Waals surface area contributed by atoms with Crippen molar-refractivity contribution < 1.29 is 0 Å². The van der Waals surface area contributed by atoms with Gasteiger partial charge in [0.2, 0.25) is 0 Å². The Kier molecular flexibility index (Phi) is 5.69. The lowest BCUT2D eigenvalue weighted by Crippen LogP contribution is -2.35. The maximum atomic E-state index is 7.26. The first-order valence-electron chi connectivity index (χ1n) is 6.12. The molecule has 1 rings (SSSR count). The Morgan fingerprint density at radius 3 is 2.76 bits per heavy atom. The predicted octanol–water partition coefficient (Wildman–Crippen LogP) is 1.31. The van der Waals surface area contributed by atoms with Crippen LogP contribution in [0.5, 0.6) is 0 Å². The number of nitrogens with one attached hydrogen (secondary N) is 1. The lowest BCUT2D eigenvalue weighted by Gasteiger charge is -2.26. The minimum Gasteiger partial charge on any atom is -0.388 e. The summed E-state index contributed by atoms with van der Waals surface area (Å²) in [5.74, 6) is 0.269. The fourth-order valence-electron chi connectivity index (χ4n) is 1.77. The van der Waals surface area contributed by atoms with Crippen LogP contribution in [0.2, 0.25) is 0 Å². The van der Waals surface area contributed by atoms with Gasteiger partial charge in [0.05, 0.1) is 12.2 Å². The van der Waals surface area contributed by atoms with Crippen molar-refractivity contribution >= 4 is 5.84 Å². The zero-order chi connectivity index (χ0) is 12.7. The van der Waals surface area contributed by atoms with Gasteiger partial charge in [0.1, 0.15) is 0 Å². The largest absolute Gasteiger partial charge is 0.388 e. The molecule has 0 radical (unpaired) electrons. The number of rotatable bonds is 8. The number of aryl methyl sites for hydroxylation is 1. The summed E-state index contributed by atoms with van der Waals surface area (Å²) in [5.41, 5.74) is 5.39. The highest BCUT2D eigenvalue weighted by atomic mass is 15.1. The van der Waals surface area contributed by atoms with Crippen molar-refractivity contribution in [2.75, 3.05) is 13.1 Å². The first-order valence-corrected chi connectivity index (χ1v) is 6.12. The number of hydrogen-bond donors (Lipinski definition) is 2. The molecule has 0 fully saturated rings. The number of amidine groups is 1. The first-order chi connectivity index (χ1) is 8.09. The molecule has 0 aliphatic carbocycles. The van der Waals surface area contributed by atoms with E-state index in [9.17, 15) is 0 Å². The predicted molar refractivity (Wildman–Crippen MR) is 70.1 cm³/mol. The van der Waals surface area contributed by atoms with E-state index in [0.29, 0.717) is 12.5 Å². The third-order valence-corrected chi connectivity index (χ3v) is 2.82. The van der Waals surface area contributed by atoms with E-state index in [0.717, 1.165) is 26.1 Å². The van der Waals surface area contributed by atoms with E-state index >= 15 is 0 Å². The molecule has 0 unspecified atom stereocenters. The van der Waals surface area contributed by atoms with Crippen LogP contribution >= 0.6 is 0 Å². The molecule has 0 saturated carbocycles. The summed E-state index contributed by atoms with van der Waals surface area (Å²) < 4.78 is 2.09. The molecule has 1 aromatic rings. The molecule has 0 saturated heterocycles. The van der Waals surface area contributed by atoms with Crippen LogP contribution in [0.3, 0.4) is 0 Å². The van der Waals surface area contributed by atoms with E-state index in [-0.39, 0.29) is 5.84 Å². The summed E-state index contributed by atoms with van der Waals surface area (Å²) in [7, 11) is 0. The van der Waals surface area contributed by atoms with Gasteiger partial charge in [-0.3, -0.25) is 5.41 Å². The molecule has 0 aliphatic rings. The minimum absolute atomic E-state index is 0.269. The first kappa shape index (κ1) is 13.7. The van der Waals surface area contributed by atoms with Crippen LogP contribution < -0.4 is 5.73 Å². The Bertz CT molecular complexity index is 318. The van der Waals surface area contributed by atoms with Crippen LogP contribution in [0.4, 0.5) is 0 Å². The van der Waals surface area contributed by atoms with Crippen LogP contribution in [-0.4, -0.2) is 39.4 Å². The molecule has 5 nitrogen and oxygen atoms in total. The molecule has 1 heterocycles. The third kappa shape index (κ3) is 5.49. The number of imidazole rings is 1. The normalized spacial score (nSPS) is 11.3. The van der Waals surface area contributed by atoms with Gasteiger partial charge in [-0.05, 0) is 20.3 Å². The monoisotopic (exact) mass is 237 g/mol. The van der Waals surface area contributed by atoms with Gasteiger partial charge in [0, 0.05) is 44.5 Å². The quantitative estimate of drug-likeness (QED) is 0.529. The number of nitrogens with zero attached hydrogens (tertiary/aromatic N) is 3. The maximum absolute atomic E-state index is 7.26. The van der Waals surface area contributed by atoms with Gasteiger partial charge < -0.3 is 15.2 Å². The maximum Gasteiger partial charge on any atom is 0.0945 e. The van der Waals surface area contributed by atoms with Crippen LogP contribution in [0.1, 0.15) is 26.7 Å². The van der Waals surface area contributed by atoms with Crippen molar-refractivity contribution in [3.8, 4) is 0 Å². The standard InChI is InChI=1S/C12H23N5/c1-11(2)17(8-4-12(13)14)7-3-6-16-9-5-15-10-16/h5,9-11H,3-4,6-8H2,1-2H3,(H3,13,14). The molecule has 0 aromatic carbocycles. The molecule has 0 aliphatic heterocycles. The Morgan fingerprint density at radius 1 is 1.47 bits per heavy atom. The van der Waals surface area contributed by atoms with Crippen LogP contribution in [0.15, 0.2) is 18.7 Å². The molecular weight excluding hydrogens is 214 g/mol. The topological polar surface area (TPSA) is 70.9 Å². The van der Waals surface area contributed by atoms with E-state index in [4.69, 9.17) is 11.1 Å². The van der Waals surface area contributed by atoms with E-state index < -0.39 is 0 Å². The molecular formula is C12H23N5. The van der Waals surface area contributed by atoms with E-state index in [1.807, 2.05) is 12.5 Å². The smallest absolute Gasteiger partial charge is 0.0945 e. The lowest BCUT2D eigenvalue weighted by atomic mass is 10.2. The van der Waals surface area contributed by atoms with Crippen LogP contribution in [-0.2, 0) is 6.54 Å². The highest BCUT2D eigenvalue weighted by molar-refractivity contribution is 5.76. The summed E-state index contributed by atoms with van der Waals surface area (Å²) in [4.78, 5) is 6.38. The molecule has 0 amide bonds. The Hall–Kier alpha value is -1.36. The van der Waals surface area contributed by atoms with Crippen molar-refractivity contribution in [3.63, 3.8) is 0 Å². The van der Waals surface area contributed by atoms with Crippen molar-refractivity contribution in [1.82, 2.24) is 14.5 Å². The molecule has 96 valence electrons. The molecule has 0 spiro atoms. The Balaban J connectivity index is 2.26. The summed E-state index contributed by atoms with van der Waals surface area (Å²) in [5, 5.41) is 7.26. The van der Waals surface area contributed by atoms with Gasteiger partial charge in [-0.1, -0.05) is 0 Å². The van der Waals surface area contributed by atoms with Gasteiger partial charge in [-0.15, -0.1) is 0 Å². The van der Waals surface area contributed by atoms with Gasteiger partial charge in [0.15, 0.2) is 0 Å². The van der Waals surface area contributed by atoms with Crippen LogP contribution in [0.25, 0.3) is 0 Å². The van der Waals surface area contributed by atoms with Crippen molar-refractivity contribution in [3.05, 3.63) is 18.7 Å². The molecule has 0 atom stereocenters. The zero-order valence-electron chi connectivity index (χ0n) is 10.8. The second kappa shape index (κ2) is 7.06. The minimum atomic E-state index is 0.269.